The fourth-order valence-electron chi connectivity index (χ4n) is 2.06. The van der Waals surface area contributed by atoms with Crippen molar-refractivity contribution in [1.82, 2.24) is 10.6 Å². The van der Waals surface area contributed by atoms with Crippen LogP contribution in [0.15, 0.2) is 30.3 Å². The molecule has 8 N–H and O–H groups in total. The molecular weight excluding hydrogens is 396 g/mol. The summed E-state index contributed by atoms with van der Waals surface area (Å²) in [5.74, 6) is -2.30. The van der Waals surface area contributed by atoms with Crippen molar-refractivity contribution in [1.29, 1.82) is 0 Å². The maximum atomic E-state index is 11.4. The lowest BCUT2D eigenvalue weighted by atomic mass is 10.1. The molecule has 0 aliphatic rings. The van der Waals surface area contributed by atoms with Crippen molar-refractivity contribution in [3.63, 3.8) is 0 Å². The first-order valence-corrected chi connectivity index (χ1v) is 9.26. The largest absolute Gasteiger partial charge is 0.480 e. The van der Waals surface area contributed by atoms with E-state index in [9.17, 15) is 19.2 Å². The lowest BCUT2D eigenvalue weighted by Crippen LogP contribution is -2.44. The predicted molar refractivity (Wildman–Crippen MR) is 108 cm³/mol. The molecular formula is C19H30N4O7. The number of hydrogen-bond acceptors (Lipinski definition) is 6. The quantitative estimate of drug-likeness (QED) is 0.296. The van der Waals surface area contributed by atoms with Crippen LogP contribution >= 0.6 is 0 Å². The van der Waals surface area contributed by atoms with Crippen LogP contribution in [-0.4, -0.2) is 52.9 Å². The first kappa shape index (κ1) is 26.7. The number of hydrogen-bond donors (Lipinski definition) is 6. The standard InChI is InChI=1S/C13H17NO4.C6H13N3O3/c1-9(2)11(12(15)16)14-13(17)18-8-10-6-4-3-5-7-10;7-4(5(10)11)2-1-3-9-6(8)12/h3-7,9,11H,8H2,1-2H3,(H,14,17)(H,15,16);4H,1-3,7H2,(H,10,11)(H3,8,9,12)/t11-;4-/m00/s1. The van der Waals surface area contributed by atoms with Gasteiger partial charge in [-0.2, -0.15) is 0 Å². The van der Waals surface area contributed by atoms with E-state index < -0.39 is 36.1 Å². The molecule has 2 atom stereocenters. The number of ether oxygens (including phenoxy) is 1. The van der Waals surface area contributed by atoms with Gasteiger partial charge in [-0.15, -0.1) is 0 Å². The molecule has 0 unspecified atom stereocenters. The van der Waals surface area contributed by atoms with Crippen LogP contribution in [0.3, 0.4) is 0 Å². The van der Waals surface area contributed by atoms with E-state index in [1.807, 2.05) is 30.3 Å². The number of urea groups is 1. The lowest BCUT2D eigenvalue weighted by Gasteiger charge is -2.17. The Labute approximate surface area is 174 Å². The van der Waals surface area contributed by atoms with Crippen LogP contribution in [0.25, 0.3) is 0 Å². The molecule has 0 spiro atoms. The summed E-state index contributed by atoms with van der Waals surface area (Å²) in [7, 11) is 0. The highest BCUT2D eigenvalue weighted by molar-refractivity contribution is 5.80. The number of alkyl carbamates (subject to hydrolysis) is 1. The molecule has 0 heterocycles. The van der Waals surface area contributed by atoms with Gasteiger partial charge in [-0.25, -0.2) is 14.4 Å². The van der Waals surface area contributed by atoms with Crippen LogP contribution in [0, 0.1) is 5.92 Å². The van der Waals surface area contributed by atoms with Crippen LogP contribution in [0.2, 0.25) is 0 Å². The van der Waals surface area contributed by atoms with Crippen LogP contribution in [0.1, 0.15) is 32.3 Å². The molecule has 1 aromatic rings. The normalized spacial score (nSPS) is 12.0. The van der Waals surface area contributed by atoms with E-state index in [2.05, 4.69) is 10.6 Å². The number of amides is 3. The first-order chi connectivity index (χ1) is 14.0. The number of carboxylic acids is 2. The fraction of sp³-hybridized carbons (Fsp3) is 0.474. The average Bonchev–Trinajstić information content (AvgIpc) is 2.68. The summed E-state index contributed by atoms with van der Waals surface area (Å²) in [5.41, 5.74) is 10.8. The molecule has 1 rings (SSSR count). The third-order valence-corrected chi connectivity index (χ3v) is 3.73. The van der Waals surface area contributed by atoms with Gasteiger partial charge in [0.15, 0.2) is 0 Å². The number of nitrogens with two attached hydrogens (primary N) is 2. The Bertz CT molecular complexity index is 683. The van der Waals surface area contributed by atoms with Gasteiger partial charge in [-0.1, -0.05) is 44.2 Å². The monoisotopic (exact) mass is 426 g/mol. The zero-order chi connectivity index (χ0) is 23.1. The molecule has 1 aromatic carbocycles. The van der Waals surface area contributed by atoms with Gasteiger partial charge in [-0.05, 0) is 24.3 Å². The highest BCUT2D eigenvalue weighted by Gasteiger charge is 2.23. The highest BCUT2D eigenvalue weighted by atomic mass is 16.5. The van der Waals surface area contributed by atoms with Gasteiger partial charge in [0.2, 0.25) is 0 Å². The molecule has 0 aliphatic carbocycles. The van der Waals surface area contributed by atoms with E-state index in [0.717, 1.165) is 5.56 Å². The lowest BCUT2D eigenvalue weighted by molar-refractivity contribution is -0.140. The number of benzene rings is 1. The van der Waals surface area contributed by atoms with Crippen molar-refractivity contribution in [3.8, 4) is 0 Å². The Morgan fingerprint density at radius 2 is 1.67 bits per heavy atom. The van der Waals surface area contributed by atoms with Crippen molar-refractivity contribution in [2.45, 2.75) is 45.4 Å². The molecule has 0 fully saturated rings. The van der Waals surface area contributed by atoms with Crippen molar-refractivity contribution >= 4 is 24.1 Å². The minimum absolute atomic E-state index is 0.122. The number of carbonyl (C=O) groups excluding carboxylic acids is 2. The second kappa shape index (κ2) is 14.6. The van der Waals surface area contributed by atoms with E-state index in [-0.39, 0.29) is 12.5 Å². The molecule has 30 heavy (non-hydrogen) atoms. The van der Waals surface area contributed by atoms with Gasteiger partial charge in [0.05, 0.1) is 0 Å². The second-order valence-corrected chi connectivity index (χ2v) is 6.64. The predicted octanol–water partition coefficient (Wildman–Crippen LogP) is 0.869. The van der Waals surface area contributed by atoms with Gasteiger partial charge >= 0.3 is 24.1 Å². The summed E-state index contributed by atoms with van der Waals surface area (Å²) >= 11 is 0. The number of carbonyl (C=O) groups is 4. The number of nitrogens with one attached hydrogen (secondary N) is 2. The van der Waals surface area contributed by atoms with Gasteiger partial charge in [-0.3, -0.25) is 4.79 Å². The minimum atomic E-state index is -1.07. The van der Waals surface area contributed by atoms with Crippen molar-refractivity contribution in [3.05, 3.63) is 35.9 Å². The van der Waals surface area contributed by atoms with Crippen molar-refractivity contribution in [2.24, 2.45) is 17.4 Å². The van der Waals surface area contributed by atoms with Gasteiger partial charge < -0.3 is 37.1 Å². The fourth-order valence-corrected chi connectivity index (χ4v) is 2.06. The Kier molecular flexibility index (Phi) is 13.0. The molecule has 0 aliphatic heterocycles. The molecule has 0 saturated heterocycles. The third-order valence-electron chi connectivity index (χ3n) is 3.73. The molecule has 11 heteroatoms. The van der Waals surface area contributed by atoms with Crippen LogP contribution in [-0.2, 0) is 20.9 Å². The Morgan fingerprint density at radius 3 is 2.13 bits per heavy atom. The highest BCUT2D eigenvalue weighted by Crippen LogP contribution is 2.04. The molecule has 0 saturated carbocycles. The zero-order valence-corrected chi connectivity index (χ0v) is 17.0. The number of aliphatic carboxylic acids is 2. The molecule has 0 aromatic heterocycles. The number of carboxylic acid groups (broad SMARTS) is 2. The Morgan fingerprint density at radius 1 is 1.07 bits per heavy atom. The SMILES string of the molecule is CC(C)[C@H](NC(=O)OCc1ccccc1)C(=O)O.NC(=O)NCCC[C@H](N)C(=O)O. The Balaban J connectivity index is 0.000000612. The first-order valence-electron chi connectivity index (χ1n) is 9.26. The summed E-state index contributed by atoms with van der Waals surface area (Å²) in [4.78, 5) is 42.7. The van der Waals surface area contributed by atoms with E-state index in [0.29, 0.717) is 19.4 Å². The van der Waals surface area contributed by atoms with Crippen molar-refractivity contribution in [2.75, 3.05) is 6.54 Å². The van der Waals surface area contributed by atoms with Gasteiger partial charge in [0.25, 0.3) is 0 Å². The summed E-state index contributed by atoms with van der Waals surface area (Å²) in [5, 5.41) is 21.9. The smallest absolute Gasteiger partial charge is 0.408 e. The molecule has 3 amide bonds. The maximum absolute atomic E-state index is 11.4. The topological polar surface area (TPSA) is 194 Å². The average molecular weight is 426 g/mol. The minimum Gasteiger partial charge on any atom is -0.480 e. The maximum Gasteiger partial charge on any atom is 0.408 e. The van der Waals surface area contributed by atoms with Crippen LogP contribution < -0.4 is 22.1 Å². The van der Waals surface area contributed by atoms with E-state index in [4.69, 9.17) is 26.4 Å². The number of rotatable bonds is 10. The van der Waals surface area contributed by atoms with E-state index in [1.165, 1.54) is 0 Å². The molecule has 0 radical (unpaired) electrons. The third kappa shape index (κ3) is 12.9. The molecule has 0 bridgehead atoms. The van der Waals surface area contributed by atoms with Crippen LogP contribution in [0.4, 0.5) is 9.59 Å². The van der Waals surface area contributed by atoms with Crippen molar-refractivity contribution < 1.29 is 34.1 Å². The summed E-state index contributed by atoms with van der Waals surface area (Å²) in [6.45, 7) is 3.92. The Hall–Kier alpha value is -3.34. The number of primary amides is 1. The molecule has 11 nitrogen and oxygen atoms in total. The van der Waals surface area contributed by atoms with Gasteiger partial charge in [0.1, 0.15) is 18.7 Å². The molecule has 168 valence electrons. The van der Waals surface area contributed by atoms with E-state index >= 15 is 0 Å². The summed E-state index contributed by atoms with van der Waals surface area (Å²) in [6, 6.07) is 6.78. The second-order valence-electron chi connectivity index (χ2n) is 6.64. The van der Waals surface area contributed by atoms with Crippen LogP contribution in [0.5, 0.6) is 0 Å². The van der Waals surface area contributed by atoms with Gasteiger partial charge in [0, 0.05) is 6.54 Å². The zero-order valence-electron chi connectivity index (χ0n) is 17.0. The van der Waals surface area contributed by atoms with E-state index in [1.54, 1.807) is 13.8 Å². The summed E-state index contributed by atoms with van der Waals surface area (Å²) in [6.07, 6.45) is 0.117. The summed E-state index contributed by atoms with van der Waals surface area (Å²) < 4.78 is 4.95.